The van der Waals surface area contributed by atoms with Gasteiger partial charge in [0.05, 0.1) is 6.54 Å². The molecule has 0 bridgehead atoms. The summed E-state index contributed by atoms with van der Waals surface area (Å²) in [6.07, 6.45) is 2.85. The Balaban J connectivity index is 2.15. The minimum Gasteiger partial charge on any atom is -0.286 e. The van der Waals surface area contributed by atoms with Crippen molar-refractivity contribution >= 4 is 0 Å². The SMILES string of the molecule is C=CCN1[C]Cc2ccccc2C1. The third kappa shape index (κ3) is 1.81. The molecule has 0 aliphatic carbocycles. The standard InChI is InChI=1S/C12H13N/c1-2-8-13-9-7-11-5-3-4-6-12(11)10-13/h2-6H,1,7-8,10H2. The molecule has 1 heterocycles. The lowest BCUT2D eigenvalue weighted by Gasteiger charge is -2.26. The fourth-order valence-corrected chi connectivity index (χ4v) is 1.63. The lowest BCUT2D eigenvalue weighted by atomic mass is 10.0. The molecule has 0 aromatic heterocycles. The molecule has 13 heavy (non-hydrogen) atoms. The van der Waals surface area contributed by atoms with Gasteiger partial charge in [0.1, 0.15) is 0 Å². The van der Waals surface area contributed by atoms with Crippen molar-refractivity contribution in [3.8, 4) is 0 Å². The Morgan fingerprint density at radius 1 is 1.38 bits per heavy atom. The Morgan fingerprint density at radius 3 is 2.92 bits per heavy atom. The predicted molar refractivity (Wildman–Crippen MR) is 54.0 cm³/mol. The predicted octanol–water partition coefficient (Wildman–Crippen LogP) is 2.27. The molecular weight excluding hydrogens is 158 g/mol. The molecule has 1 heteroatoms. The maximum absolute atomic E-state index is 3.73. The molecule has 2 rings (SSSR count). The first-order valence-electron chi connectivity index (χ1n) is 4.56. The molecule has 0 unspecified atom stereocenters. The van der Waals surface area contributed by atoms with Gasteiger partial charge in [-0.05, 0) is 17.5 Å². The third-order valence-corrected chi connectivity index (χ3v) is 2.32. The van der Waals surface area contributed by atoms with Crippen molar-refractivity contribution in [1.29, 1.82) is 0 Å². The van der Waals surface area contributed by atoms with E-state index in [9.17, 15) is 0 Å². The average molecular weight is 171 g/mol. The maximum Gasteiger partial charge on any atom is 0.0669 e. The minimum atomic E-state index is 0.897. The second-order valence-corrected chi connectivity index (χ2v) is 3.27. The molecule has 1 aromatic rings. The van der Waals surface area contributed by atoms with E-state index >= 15 is 0 Å². The highest BCUT2D eigenvalue weighted by atomic mass is 15.1. The van der Waals surface area contributed by atoms with Crippen molar-refractivity contribution in [3.63, 3.8) is 0 Å². The van der Waals surface area contributed by atoms with Crippen LogP contribution in [0.4, 0.5) is 0 Å². The van der Waals surface area contributed by atoms with Crippen molar-refractivity contribution < 1.29 is 0 Å². The number of fused-ring (bicyclic) bond motifs is 1. The molecule has 0 saturated heterocycles. The van der Waals surface area contributed by atoms with E-state index < -0.39 is 0 Å². The fourth-order valence-electron chi connectivity index (χ4n) is 1.63. The summed E-state index contributed by atoms with van der Waals surface area (Å²) in [5, 5.41) is 0. The van der Waals surface area contributed by atoms with Crippen LogP contribution in [-0.4, -0.2) is 11.4 Å². The van der Waals surface area contributed by atoms with Crippen molar-refractivity contribution in [3.05, 3.63) is 54.6 Å². The Bertz CT molecular complexity index is 304. The number of benzene rings is 1. The summed E-state index contributed by atoms with van der Waals surface area (Å²) in [4.78, 5) is 2.18. The topological polar surface area (TPSA) is 3.24 Å². The van der Waals surface area contributed by atoms with Crippen LogP contribution >= 0.6 is 0 Å². The number of nitrogens with zero attached hydrogens (tertiary/aromatic N) is 1. The van der Waals surface area contributed by atoms with Crippen molar-refractivity contribution in [2.24, 2.45) is 0 Å². The number of hydrogen-bond donors (Lipinski definition) is 0. The van der Waals surface area contributed by atoms with Crippen molar-refractivity contribution in [2.45, 2.75) is 13.0 Å². The van der Waals surface area contributed by atoms with Crippen LogP contribution in [0.15, 0.2) is 36.9 Å². The second kappa shape index (κ2) is 3.75. The van der Waals surface area contributed by atoms with Gasteiger partial charge in [0.2, 0.25) is 0 Å². The summed E-state index contributed by atoms with van der Waals surface area (Å²) in [5.41, 5.74) is 2.82. The zero-order valence-corrected chi connectivity index (χ0v) is 7.66. The third-order valence-electron chi connectivity index (χ3n) is 2.32. The van der Waals surface area contributed by atoms with Crippen molar-refractivity contribution in [2.75, 3.05) is 6.54 Å². The molecule has 0 fully saturated rings. The van der Waals surface area contributed by atoms with E-state index in [1.807, 2.05) is 6.08 Å². The molecule has 0 saturated carbocycles. The Hall–Kier alpha value is -1.08. The highest BCUT2D eigenvalue weighted by Gasteiger charge is 2.14. The molecule has 1 aliphatic rings. The largest absolute Gasteiger partial charge is 0.286 e. The van der Waals surface area contributed by atoms with Gasteiger partial charge in [0.25, 0.3) is 0 Å². The quantitative estimate of drug-likeness (QED) is 0.617. The molecule has 0 N–H and O–H groups in total. The summed E-state index contributed by atoms with van der Waals surface area (Å²) in [6.45, 7) is 8.94. The summed E-state index contributed by atoms with van der Waals surface area (Å²) in [6, 6.07) is 8.54. The Morgan fingerprint density at radius 2 is 2.15 bits per heavy atom. The van der Waals surface area contributed by atoms with E-state index in [0.29, 0.717) is 0 Å². The maximum atomic E-state index is 3.73. The van der Waals surface area contributed by atoms with Crippen molar-refractivity contribution in [1.82, 2.24) is 4.90 Å². The Kier molecular flexibility index (Phi) is 2.46. The van der Waals surface area contributed by atoms with E-state index in [2.05, 4.69) is 42.3 Å². The zero-order chi connectivity index (χ0) is 9.10. The zero-order valence-electron chi connectivity index (χ0n) is 7.66. The van der Waals surface area contributed by atoms with E-state index in [4.69, 9.17) is 0 Å². The van der Waals surface area contributed by atoms with Crippen LogP contribution in [0.5, 0.6) is 0 Å². The lowest BCUT2D eigenvalue weighted by molar-refractivity contribution is 0.340. The Labute approximate surface area is 79.7 Å². The van der Waals surface area contributed by atoms with Gasteiger partial charge >= 0.3 is 0 Å². The monoisotopic (exact) mass is 171 g/mol. The molecule has 0 spiro atoms. The van der Waals surface area contributed by atoms with E-state index in [0.717, 1.165) is 19.5 Å². The van der Waals surface area contributed by atoms with Gasteiger partial charge in [-0.15, -0.1) is 6.58 Å². The fraction of sp³-hybridized carbons (Fsp3) is 0.250. The number of hydrogen-bond acceptors (Lipinski definition) is 1. The molecule has 0 amide bonds. The summed E-state index contributed by atoms with van der Waals surface area (Å²) >= 11 is 0. The van der Waals surface area contributed by atoms with Crippen LogP contribution in [0.2, 0.25) is 0 Å². The van der Waals surface area contributed by atoms with Crippen LogP contribution in [-0.2, 0) is 13.0 Å². The molecule has 0 atom stereocenters. The van der Waals surface area contributed by atoms with Crippen LogP contribution in [0, 0.1) is 6.54 Å². The summed E-state index contributed by atoms with van der Waals surface area (Å²) in [5.74, 6) is 0. The first-order valence-corrected chi connectivity index (χ1v) is 4.56. The van der Waals surface area contributed by atoms with Crippen LogP contribution in [0.3, 0.4) is 0 Å². The molecular formula is C12H13N. The van der Waals surface area contributed by atoms with E-state index in [1.54, 1.807) is 0 Å². The van der Waals surface area contributed by atoms with Gasteiger partial charge < -0.3 is 0 Å². The van der Waals surface area contributed by atoms with Crippen LogP contribution < -0.4 is 0 Å². The van der Waals surface area contributed by atoms with E-state index in [-0.39, 0.29) is 0 Å². The molecule has 1 nitrogen and oxygen atoms in total. The van der Waals surface area contributed by atoms with Gasteiger partial charge in [-0.1, -0.05) is 30.3 Å². The van der Waals surface area contributed by atoms with Gasteiger partial charge in [-0.2, -0.15) is 0 Å². The van der Waals surface area contributed by atoms with Crippen LogP contribution in [0.1, 0.15) is 11.1 Å². The molecule has 66 valence electrons. The lowest BCUT2D eigenvalue weighted by Crippen LogP contribution is -2.26. The van der Waals surface area contributed by atoms with Crippen LogP contribution in [0.25, 0.3) is 0 Å². The van der Waals surface area contributed by atoms with E-state index in [1.165, 1.54) is 11.1 Å². The van der Waals surface area contributed by atoms with Gasteiger partial charge in [-0.25, -0.2) is 0 Å². The smallest absolute Gasteiger partial charge is 0.0669 e. The highest BCUT2D eigenvalue weighted by Crippen LogP contribution is 2.20. The summed E-state index contributed by atoms with van der Waals surface area (Å²) in [7, 11) is 0. The first-order chi connectivity index (χ1) is 6.40. The van der Waals surface area contributed by atoms with Gasteiger partial charge in [-0.3, -0.25) is 4.90 Å². The summed E-state index contributed by atoms with van der Waals surface area (Å²) < 4.78 is 0. The van der Waals surface area contributed by atoms with Gasteiger partial charge in [0, 0.05) is 13.1 Å². The molecule has 1 aromatic carbocycles. The normalized spacial score (nSPS) is 16.6. The average Bonchev–Trinajstić information content (AvgIpc) is 2.18. The number of rotatable bonds is 2. The second-order valence-electron chi connectivity index (χ2n) is 3.27. The molecule has 1 aliphatic heterocycles. The van der Waals surface area contributed by atoms with Gasteiger partial charge in [0.15, 0.2) is 0 Å². The first kappa shape index (κ1) is 8.52. The minimum absolute atomic E-state index is 0.897. The highest BCUT2D eigenvalue weighted by molar-refractivity contribution is 5.30. The molecule has 2 radical (unpaired) electrons.